The Morgan fingerprint density at radius 1 is 1.09 bits per heavy atom. The van der Waals surface area contributed by atoms with Crippen molar-refractivity contribution in [3.8, 4) is 28.4 Å². The highest BCUT2D eigenvalue weighted by molar-refractivity contribution is 7.14. The number of aromatic nitrogens is 3. The van der Waals surface area contributed by atoms with Crippen molar-refractivity contribution >= 4 is 22.4 Å². The predicted molar refractivity (Wildman–Crippen MR) is 110 cm³/mol. The van der Waals surface area contributed by atoms with E-state index in [1.165, 1.54) is 12.1 Å². The van der Waals surface area contributed by atoms with Crippen LogP contribution < -0.4 is 14.8 Å². The summed E-state index contributed by atoms with van der Waals surface area (Å²) in [5.74, 6) is 0.239. The molecule has 5 rings (SSSR count). The third kappa shape index (κ3) is 3.66. The van der Waals surface area contributed by atoms with E-state index in [1.54, 1.807) is 41.8 Å². The molecular formula is C21H13F3N4O3S. The Labute approximate surface area is 183 Å². The van der Waals surface area contributed by atoms with E-state index in [1.807, 2.05) is 0 Å². The molecule has 0 unspecified atom stereocenters. The summed E-state index contributed by atoms with van der Waals surface area (Å²) in [4.78, 5) is 17.0. The number of nitrogens with zero attached hydrogens (tertiary/aromatic N) is 3. The number of hydrogen-bond donors (Lipinski definition) is 1. The molecule has 1 N–H and O–H groups in total. The minimum atomic E-state index is -4.79. The Bertz CT molecular complexity index is 1300. The first-order chi connectivity index (χ1) is 15.4. The van der Waals surface area contributed by atoms with E-state index in [4.69, 9.17) is 9.47 Å². The Morgan fingerprint density at radius 2 is 1.88 bits per heavy atom. The van der Waals surface area contributed by atoms with Gasteiger partial charge in [0, 0.05) is 10.9 Å². The third-order valence-electron chi connectivity index (χ3n) is 4.68. The number of carbonyl (C=O) groups excluding carboxylic acids is 1. The number of alkyl halides is 3. The SMILES string of the molecule is O=C(Nc1nc(-c2ccc3c(c2)OCO3)cs1)c1cnn(-c2ccccc2)c1C(F)(F)F. The van der Waals surface area contributed by atoms with Crippen molar-refractivity contribution in [1.29, 1.82) is 0 Å². The lowest BCUT2D eigenvalue weighted by molar-refractivity contribution is -0.143. The summed E-state index contributed by atoms with van der Waals surface area (Å²) in [6.45, 7) is 0.134. The summed E-state index contributed by atoms with van der Waals surface area (Å²) in [5.41, 5.74) is -0.299. The van der Waals surface area contributed by atoms with E-state index >= 15 is 0 Å². The number of thiazole rings is 1. The number of rotatable bonds is 4. The van der Waals surface area contributed by atoms with Gasteiger partial charge in [-0.25, -0.2) is 9.67 Å². The number of benzene rings is 2. The van der Waals surface area contributed by atoms with Crippen LogP contribution in [-0.2, 0) is 6.18 Å². The van der Waals surface area contributed by atoms with E-state index in [2.05, 4.69) is 15.4 Å². The molecule has 1 amide bonds. The lowest BCUT2D eigenvalue weighted by Crippen LogP contribution is -2.20. The van der Waals surface area contributed by atoms with Gasteiger partial charge in [0.2, 0.25) is 6.79 Å². The Balaban J connectivity index is 1.42. The fourth-order valence-electron chi connectivity index (χ4n) is 3.24. The molecule has 2 aromatic heterocycles. The monoisotopic (exact) mass is 458 g/mol. The summed E-state index contributed by atoms with van der Waals surface area (Å²) in [6, 6.07) is 13.1. The summed E-state index contributed by atoms with van der Waals surface area (Å²) in [5, 5.41) is 8.07. The first-order valence-electron chi connectivity index (χ1n) is 9.28. The number of ether oxygens (including phenoxy) is 2. The normalized spacial score (nSPS) is 12.7. The summed E-state index contributed by atoms with van der Waals surface area (Å²) < 4.78 is 52.7. The van der Waals surface area contributed by atoms with Gasteiger partial charge in [-0.05, 0) is 30.3 Å². The van der Waals surface area contributed by atoms with Crippen molar-refractivity contribution < 1.29 is 27.4 Å². The van der Waals surface area contributed by atoms with Crippen LogP contribution >= 0.6 is 11.3 Å². The van der Waals surface area contributed by atoms with E-state index < -0.39 is 23.3 Å². The molecule has 1 aliphatic rings. The van der Waals surface area contributed by atoms with Crippen molar-refractivity contribution in [3.63, 3.8) is 0 Å². The molecule has 7 nitrogen and oxygen atoms in total. The standard InChI is InChI=1S/C21H13F3N4O3S/c22-21(23,24)18-14(9-25-28(18)13-4-2-1-3-5-13)19(29)27-20-26-15(10-32-20)12-6-7-16-17(8-12)31-11-30-16/h1-10H,11H2,(H,26,27,29). The average molecular weight is 458 g/mol. The molecule has 0 saturated heterocycles. The number of fused-ring (bicyclic) bond motifs is 1. The molecule has 4 aromatic rings. The van der Waals surface area contributed by atoms with Crippen LogP contribution in [0.1, 0.15) is 16.1 Å². The summed E-state index contributed by atoms with van der Waals surface area (Å²) >= 11 is 1.09. The second-order valence-electron chi connectivity index (χ2n) is 6.71. The number of halogens is 3. The lowest BCUT2D eigenvalue weighted by atomic mass is 10.1. The van der Waals surface area contributed by atoms with Gasteiger partial charge < -0.3 is 9.47 Å². The maximum absolute atomic E-state index is 13.8. The van der Waals surface area contributed by atoms with Gasteiger partial charge in [-0.2, -0.15) is 18.3 Å². The van der Waals surface area contributed by atoms with Gasteiger partial charge in [-0.15, -0.1) is 11.3 Å². The van der Waals surface area contributed by atoms with Crippen molar-refractivity contribution in [2.24, 2.45) is 0 Å². The van der Waals surface area contributed by atoms with E-state index in [9.17, 15) is 18.0 Å². The highest BCUT2D eigenvalue weighted by Gasteiger charge is 2.40. The van der Waals surface area contributed by atoms with Crippen LogP contribution in [0, 0.1) is 0 Å². The van der Waals surface area contributed by atoms with Gasteiger partial charge in [0.1, 0.15) is 0 Å². The average Bonchev–Trinajstić information content (AvgIpc) is 3.52. The van der Waals surface area contributed by atoms with Crippen LogP contribution in [-0.4, -0.2) is 27.5 Å². The number of carbonyl (C=O) groups is 1. The lowest BCUT2D eigenvalue weighted by Gasteiger charge is -2.12. The molecular weight excluding hydrogens is 445 g/mol. The molecule has 2 aromatic carbocycles. The first kappa shape index (κ1) is 20.1. The minimum absolute atomic E-state index is 0.134. The zero-order valence-corrected chi connectivity index (χ0v) is 16.9. The topological polar surface area (TPSA) is 78.3 Å². The molecule has 0 saturated carbocycles. The molecule has 162 valence electrons. The van der Waals surface area contributed by atoms with Gasteiger partial charge in [0.25, 0.3) is 5.91 Å². The van der Waals surface area contributed by atoms with Crippen LogP contribution in [0.4, 0.5) is 18.3 Å². The van der Waals surface area contributed by atoms with Gasteiger partial charge in [-0.3, -0.25) is 10.1 Å². The maximum atomic E-state index is 13.8. The molecule has 0 aliphatic carbocycles. The summed E-state index contributed by atoms with van der Waals surface area (Å²) in [6.07, 6.45) is -3.89. The third-order valence-corrected chi connectivity index (χ3v) is 5.43. The molecule has 11 heteroatoms. The zero-order valence-electron chi connectivity index (χ0n) is 16.1. The van der Waals surface area contributed by atoms with Crippen LogP contribution in [0.25, 0.3) is 16.9 Å². The quantitative estimate of drug-likeness (QED) is 0.466. The van der Waals surface area contributed by atoms with E-state index in [0.717, 1.165) is 23.1 Å². The van der Waals surface area contributed by atoms with Crippen molar-refractivity contribution in [2.75, 3.05) is 12.1 Å². The molecule has 0 atom stereocenters. The molecule has 32 heavy (non-hydrogen) atoms. The van der Waals surface area contributed by atoms with Crippen LogP contribution in [0.5, 0.6) is 11.5 Å². The highest BCUT2D eigenvalue weighted by atomic mass is 32.1. The van der Waals surface area contributed by atoms with Crippen molar-refractivity contribution in [1.82, 2.24) is 14.8 Å². The second kappa shape index (κ2) is 7.68. The molecule has 1 aliphatic heterocycles. The smallest absolute Gasteiger partial charge is 0.434 e. The maximum Gasteiger partial charge on any atom is 0.434 e. The number of anilines is 1. The molecule has 0 radical (unpaired) electrons. The Hall–Kier alpha value is -3.86. The van der Waals surface area contributed by atoms with Crippen LogP contribution in [0.2, 0.25) is 0 Å². The molecule has 3 heterocycles. The van der Waals surface area contributed by atoms with Gasteiger partial charge >= 0.3 is 6.18 Å². The van der Waals surface area contributed by atoms with Crippen LogP contribution in [0.3, 0.4) is 0 Å². The number of nitrogens with one attached hydrogen (secondary N) is 1. The number of para-hydroxylation sites is 1. The minimum Gasteiger partial charge on any atom is -0.454 e. The Morgan fingerprint density at radius 3 is 2.66 bits per heavy atom. The van der Waals surface area contributed by atoms with E-state index in [-0.39, 0.29) is 17.6 Å². The van der Waals surface area contributed by atoms with Crippen molar-refractivity contribution in [2.45, 2.75) is 6.18 Å². The molecule has 0 bridgehead atoms. The largest absolute Gasteiger partial charge is 0.454 e. The molecule has 0 spiro atoms. The first-order valence-corrected chi connectivity index (χ1v) is 10.2. The summed E-state index contributed by atoms with van der Waals surface area (Å²) in [7, 11) is 0. The van der Waals surface area contributed by atoms with Gasteiger partial charge in [0.15, 0.2) is 22.3 Å². The van der Waals surface area contributed by atoms with Gasteiger partial charge in [0.05, 0.1) is 23.1 Å². The molecule has 0 fully saturated rings. The zero-order chi connectivity index (χ0) is 22.3. The number of amides is 1. The fraction of sp³-hybridized carbons (Fsp3) is 0.0952. The predicted octanol–water partition coefficient (Wildman–Crippen LogP) is 5.00. The second-order valence-corrected chi connectivity index (χ2v) is 7.57. The fourth-order valence-corrected chi connectivity index (χ4v) is 3.95. The van der Waals surface area contributed by atoms with Gasteiger partial charge in [-0.1, -0.05) is 18.2 Å². The van der Waals surface area contributed by atoms with E-state index in [0.29, 0.717) is 21.9 Å². The Kier molecular flexibility index (Phi) is 4.82. The highest BCUT2D eigenvalue weighted by Crippen LogP contribution is 2.37. The number of hydrogen-bond acceptors (Lipinski definition) is 6. The van der Waals surface area contributed by atoms with Crippen LogP contribution in [0.15, 0.2) is 60.1 Å². The van der Waals surface area contributed by atoms with Crippen molar-refractivity contribution in [3.05, 3.63) is 71.4 Å².